The maximum Gasteiger partial charge on any atom is 0.433 e. The minimum absolute atomic E-state index is 0.0640. The van der Waals surface area contributed by atoms with Gasteiger partial charge in [-0.3, -0.25) is 4.57 Å². The number of benzene rings is 1. The minimum atomic E-state index is -4.49. The Labute approximate surface area is 204 Å². The first-order valence-corrected chi connectivity index (χ1v) is 14.5. The van der Waals surface area contributed by atoms with Crippen LogP contribution in [0.4, 0.5) is 13.2 Å². The van der Waals surface area contributed by atoms with Crippen LogP contribution in [0.25, 0.3) is 0 Å². The van der Waals surface area contributed by atoms with Crippen LogP contribution in [0.3, 0.4) is 0 Å². The van der Waals surface area contributed by atoms with Crippen molar-refractivity contribution in [3.05, 3.63) is 53.3 Å². The van der Waals surface area contributed by atoms with Gasteiger partial charge in [-0.15, -0.1) is 0 Å². The van der Waals surface area contributed by atoms with Gasteiger partial charge in [0.1, 0.15) is 17.2 Å². The second-order valence-electron chi connectivity index (χ2n) is 10.1. The van der Waals surface area contributed by atoms with E-state index in [0.717, 1.165) is 43.2 Å². The van der Waals surface area contributed by atoms with E-state index in [-0.39, 0.29) is 29.5 Å². The van der Waals surface area contributed by atoms with Crippen LogP contribution in [0.15, 0.2) is 36.5 Å². The maximum absolute atomic E-state index is 13.5. The van der Waals surface area contributed by atoms with E-state index in [1.165, 1.54) is 19.8 Å². The number of methoxy groups -OCH3 is 1. The van der Waals surface area contributed by atoms with Crippen molar-refractivity contribution in [2.24, 2.45) is 11.8 Å². The largest absolute Gasteiger partial charge is 0.495 e. The van der Waals surface area contributed by atoms with Gasteiger partial charge in [-0.25, -0.2) is 4.98 Å². The van der Waals surface area contributed by atoms with Gasteiger partial charge in [0.15, 0.2) is 7.37 Å². The Morgan fingerprint density at radius 2 is 1.83 bits per heavy atom. The number of nitrogens with zero attached hydrogens (tertiary/aromatic N) is 1. The first-order valence-electron chi connectivity index (χ1n) is 12.2. The minimum Gasteiger partial charge on any atom is -0.495 e. The lowest BCUT2D eigenvalue weighted by Gasteiger charge is -2.30. The third kappa shape index (κ3) is 7.01. The molecule has 0 radical (unpaired) electrons. The summed E-state index contributed by atoms with van der Waals surface area (Å²) >= 11 is 0. The predicted octanol–water partition coefficient (Wildman–Crippen LogP) is 6.86. The van der Waals surface area contributed by atoms with Gasteiger partial charge in [-0.1, -0.05) is 12.1 Å². The van der Waals surface area contributed by atoms with Crippen LogP contribution < -0.4 is 9.47 Å². The molecule has 192 valence electrons. The molecule has 2 atom stereocenters. The Bertz CT molecular complexity index is 1060. The average molecular weight is 512 g/mol. The number of halogens is 3. The highest BCUT2D eigenvalue weighted by Crippen LogP contribution is 2.51. The lowest BCUT2D eigenvalue weighted by Crippen LogP contribution is -2.22. The zero-order valence-corrected chi connectivity index (χ0v) is 21.0. The number of hydrogen-bond acceptors (Lipinski definition) is 4. The fourth-order valence-electron chi connectivity index (χ4n) is 5.20. The molecular weight excluding hydrogens is 478 g/mol. The van der Waals surface area contributed by atoms with Crippen LogP contribution in [-0.2, 0) is 10.7 Å². The summed E-state index contributed by atoms with van der Waals surface area (Å²) in [5.74, 6) is 1.63. The summed E-state index contributed by atoms with van der Waals surface area (Å²) in [5, 5.41) is 0. The van der Waals surface area contributed by atoms with Gasteiger partial charge >= 0.3 is 6.18 Å². The summed E-state index contributed by atoms with van der Waals surface area (Å²) in [6.07, 6.45) is 1.89. The second-order valence-corrected chi connectivity index (χ2v) is 12.6. The van der Waals surface area contributed by atoms with Gasteiger partial charge in [0, 0.05) is 12.8 Å². The monoisotopic (exact) mass is 511 g/mol. The predicted molar refractivity (Wildman–Crippen MR) is 129 cm³/mol. The number of alkyl halides is 3. The molecule has 2 fully saturated rings. The van der Waals surface area contributed by atoms with E-state index in [0.29, 0.717) is 31.1 Å². The lowest BCUT2D eigenvalue weighted by atomic mass is 9.78. The van der Waals surface area contributed by atoms with Gasteiger partial charge in [0.2, 0.25) is 0 Å². The van der Waals surface area contributed by atoms with Gasteiger partial charge in [-0.05, 0) is 91.5 Å². The summed E-state index contributed by atoms with van der Waals surface area (Å²) in [4.78, 5) is 13.6. The Morgan fingerprint density at radius 1 is 1.11 bits per heavy atom. The van der Waals surface area contributed by atoms with E-state index in [1.807, 2.05) is 24.3 Å². The molecule has 1 N–H and O–H groups in total. The van der Waals surface area contributed by atoms with Gasteiger partial charge < -0.3 is 14.4 Å². The van der Waals surface area contributed by atoms with E-state index in [4.69, 9.17) is 9.47 Å². The summed E-state index contributed by atoms with van der Waals surface area (Å²) in [6, 6.07) is 9.25. The summed E-state index contributed by atoms with van der Waals surface area (Å²) < 4.78 is 63.7. The topological polar surface area (TPSA) is 68.7 Å². The molecule has 1 heterocycles. The molecule has 1 aromatic carbocycles. The third-order valence-corrected chi connectivity index (χ3v) is 8.25. The second kappa shape index (κ2) is 10.5. The maximum atomic E-state index is 13.5. The van der Waals surface area contributed by atoms with Crippen LogP contribution in [0, 0.1) is 11.8 Å². The van der Waals surface area contributed by atoms with E-state index in [1.54, 1.807) is 0 Å². The molecule has 0 aliphatic heterocycles. The number of rotatable bonds is 9. The van der Waals surface area contributed by atoms with Crippen LogP contribution in [0.2, 0.25) is 0 Å². The van der Waals surface area contributed by atoms with Crippen molar-refractivity contribution in [3.8, 4) is 11.5 Å². The first kappa shape index (κ1) is 26.0. The van der Waals surface area contributed by atoms with E-state index >= 15 is 0 Å². The Morgan fingerprint density at radius 3 is 2.43 bits per heavy atom. The molecular formula is C26H33F3NO4P. The number of aromatic nitrogens is 1. The molecule has 5 nitrogen and oxygen atoms in total. The van der Waals surface area contributed by atoms with Crippen molar-refractivity contribution in [3.63, 3.8) is 0 Å². The molecule has 9 heteroatoms. The van der Waals surface area contributed by atoms with Gasteiger partial charge in [0.05, 0.1) is 19.9 Å². The average Bonchev–Trinajstić information content (AvgIpc) is 3.65. The molecule has 4 rings (SSSR count). The van der Waals surface area contributed by atoms with Crippen molar-refractivity contribution >= 4 is 7.37 Å². The van der Waals surface area contributed by atoms with Crippen molar-refractivity contribution in [1.29, 1.82) is 0 Å². The van der Waals surface area contributed by atoms with Crippen molar-refractivity contribution in [1.82, 2.24) is 4.98 Å². The smallest absolute Gasteiger partial charge is 0.433 e. The molecule has 2 aliphatic rings. The van der Waals surface area contributed by atoms with Crippen LogP contribution in [0.5, 0.6) is 11.5 Å². The zero-order valence-electron chi connectivity index (χ0n) is 20.1. The summed E-state index contributed by atoms with van der Waals surface area (Å²) in [5.41, 5.74) is 0.432. The van der Waals surface area contributed by atoms with Crippen molar-refractivity contribution in [2.45, 2.75) is 56.5 Å². The SMILES string of the molecule is COc1cnc(C(F)(F)F)c(C2CCC(COc3cccc([C@@H](CP(C)(=O)O)C4CC4)c3)CC2)c1. The van der Waals surface area contributed by atoms with Crippen molar-refractivity contribution in [2.75, 3.05) is 26.5 Å². The van der Waals surface area contributed by atoms with E-state index < -0.39 is 19.2 Å². The molecule has 1 unspecified atom stereocenters. The molecule has 0 bridgehead atoms. The zero-order chi connectivity index (χ0) is 25.2. The molecule has 0 spiro atoms. The Hall–Kier alpha value is -2.05. The lowest BCUT2D eigenvalue weighted by molar-refractivity contribution is -0.142. The highest BCUT2D eigenvalue weighted by molar-refractivity contribution is 7.57. The van der Waals surface area contributed by atoms with E-state index in [2.05, 4.69) is 4.98 Å². The third-order valence-electron chi connectivity index (χ3n) is 7.18. The molecule has 35 heavy (non-hydrogen) atoms. The van der Waals surface area contributed by atoms with Crippen LogP contribution >= 0.6 is 7.37 Å². The van der Waals surface area contributed by atoms with Gasteiger partial charge in [-0.2, -0.15) is 13.2 Å². The molecule has 2 aromatic rings. The highest BCUT2D eigenvalue weighted by Gasteiger charge is 2.38. The molecule has 0 saturated heterocycles. The highest BCUT2D eigenvalue weighted by atomic mass is 31.2. The fraction of sp³-hybridized carbons (Fsp3) is 0.577. The Kier molecular flexibility index (Phi) is 7.82. The molecule has 2 saturated carbocycles. The van der Waals surface area contributed by atoms with Crippen LogP contribution in [-0.4, -0.2) is 36.4 Å². The van der Waals surface area contributed by atoms with Crippen molar-refractivity contribution < 1.29 is 32.1 Å². The number of hydrogen-bond donors (Lipinski definition) is 1. The molecule has 1 aromatic heterocycles. The summed E-state index contributed by atoms with van der Waals surface area (Å²) in [7, 11) is -1.70. The fourth-order valence-corrected chi connectivity index (χ4v) is 6.44. The van der Waals surface area contributed by atoms with Crippen LogP contribution in [0.1, 0.15) is 67.2 Å². The van der Waals surface area contributed by atoms with Gasteiger partial charge in [0.25, 0.3) is 0 Å². The Balaban J connectivity index is 1.36. The van der Waals surface area contributed by atoms with E-state index in [9.17, 15) is 22.6 Å². The quantitative estimate of drug-likeness (QED) is 0.373. The first-order chi connectivity index (χ1) is 16.5. The molecule has 0 amide bonds. The number of ether oxygens (including phenoxy) is 2. The summed E-state index contributed by atoms with van der Waals surface area (Å²) in [6.45, 7) is 1.91. The normalized spacial score (nSPS) is 23.4. The number of pyridine rings is 1. The standard InChI is InChI=1S/C26H33F3NO4P/c1-33-22-13-23(25(30-14-22)26(27,28)29)18-8-6-17(7-9-18)15-34-21-5-3-4-20(12-21)24(19-10-11-19)16-35(2,31)32/h3-5,12-14,17-19,24H,6-11,15-16H2,1-2H3,(H,31,32)/t17?,18?,24-/m0/s1. The molecule has 2 aliphatic carbocycles.